The Hall–Kier alpha value is -1.95. The van der Waals surface area contributed by atoms with E-state index < -0.39 is 54.7 Å². The number of esters is 2. The molecule has 2 N–H and O–H groups in total. The van der Waals surface area contributed by atoms with Gasteiger partial charge >= 0.3 is 18.0 Å². The number of hydrogen-bond donors (Lipinski definition) is 1. The number of ether oxygens (including phenoxy) is 7. The van der Waals surface area contributed by atoms with Gasteiger partial charge in [-0.2, -0.15) is 0 Å². The molecule has 2 rings (SSSR count). The van der Waals surface area contributed by atoms with Gasteiger partial charge in [0.05, 0.1) is 0 Å². The predicted octanol–water partition coefficient (Wildman–Crippen LogP) is -0.204. The van der Waals surface area contributed by atoms with Crippen LogP contribution in [0.3, 0.4) is 0 Å². The number of carbonyl (C=O) groups excluding carboxylic acids is 3. The zero-order valence-electron chi connectivity index (χ0n) is 15.0. The topological polar surface area (TPSA) is 142 Å². The van der Waals surface area contributed by atoms with E-state index in [1.165, 1.54) is 20.8 Å². The van der Waals surface area contributed by atoms with Gasteiger partial charge in [-0.3, -0.25) is 14.3 Å². The number of primary amides is 1. The Morgan fingerprint density at radius 3 is 2.31 bits per heavy atom. The third-order valence-electron chi connectivity index (χ3n) is 3.68. The van der Waals surface area contributed by atoms with Crippen molar-refractivity contribution in [3.8, 4) is 0 Å². The largest absolute Gasteiger partial charge is 0.463 e. The van der Waals surface area contributed by atoms with E-state index in [1.807, 2.05) is 0 Å². The van der Waals surface area contributed by atoms with Crippen molar-refractivity contribution in [1.29, 1.82) is 0 Å². The molecule has 11 heteroatoms. The monoisotopic (exact) mass is 377 g/mol. The summed E-state index contributed by atoms with van der Waals surface area (Å²) in [6.07, 6.45) is -6.36. The standard InChI is InChI=1S/C15H23NO10/c1-5-21-15(4)25-12-11(24-14(16)19)10(22-8(3)18)9(6-20-7(2)17)23-13(12)26-15/h9-13H,5-6H2,1-4H3,(H2,16,19)/t9-,10+,11+,12-,13+,15+/m0/s1. The number of carbonyl (C=O) groups is 3. The fourth-order valence-electron chi connectivity index (χ4n) is 2.85. The molecule has 2 aliphatic heterocycles. The molecule has 148 valence electrons. The average Bonchev–Trinajstić information content (AvgIpc) is 2.83. The highest BCUT2D eigenvalue weighted by Crippen LogP contribution is 2.39. The molecule has 0 aromatic rings. The molecule has 0 saturated carbocycles. The highest BCUT2D eigenvalue weighted by atomic mass is 16.9. The summed E-state index contributed by atoms with van der Waals surface area (Å²) in [7, 11) is 0. The lowest BCUT2D eigenvalue weighted by Gasteiger charge is -2.40. The Morgan fingerprint density at radius 2 is 1.77 bits per heavy atom. The Balaban J connectivity index is 2.29. The van der Waals surface area contributed by atoms with Gasteiger partial charge in [0, 0.05) is 27.4 Å². The van der Waals surface area contributed by atoms with Crippen LogP contribution < -0.4 is 5.73 Å². The summed E-state index contributed by atoms with van der Waals surface area (Å²) in [5.41, 5.74) is 5.14. The first-order valence-electron chi connectivity index (χ1n) is 8.07. The van der Waals surface area contributed by atoms with Crippen LogP contribution in [0.1, 0.15) is 27.7 Å². The van der Waals surface area contributed by atoms with E-state index in [0.29, 0.717) is 0 Å². The predicted molar refractivity (Wildman–Crippen MR) is 81.3 cm³/mol. The average molecular weight is 377 g/mol. The number of amides is 1. The molecule has 0 aliphatic carbocycles. The molecule has 2 aliphatic rings. The first-order chi connectivity index (χ1) is 12.1. The minimum atomic E-state index is -1.46. The Kier molecular flexibility index (Phi) is 6.39. The zero-order chi connectivity index (χ0) is 19.5. The van der Waals surface area contributed by atoms with E-state index in [4.69, 9.17) is 38.9 Å². The van der Waals surface area contributed by atoms with Crippen LogP contribution in [0.5, 0.6) is 0 Å². The van der Waals surface area contributed by atoms with Gasteiger partial charge in [0.25, 0.3) is 5.97 Å². The van der Waals surface area contributed by atoms with Crippen LogP contribution in [0.25, 0.3) is 0 Å². The van der Waals surface area contributed by atoms with Crippen molar-refractivity contribution in [1.82, 2.24) is 0 Å². The van der Waals surface area contributed by atoms with Gasteiger partial charge in [-0.05, 0) is 6.92 Å². The van der Waals surface area contributed by atoms with E-state index in [2.05, 4.69) is 0 Å². The quantitative estimate of drug-likeness (QED) is 0.488. The van der Waals surface area contributed by atoms with Crippen molar-refractivity contribution < 1.29 is 47.5 Å². The molecule has 0 radical (unpaired) electrons. The fraction of sp³-hybridized carbons (Fsp3) is 0.800. The molecule has 0 bridgehead atoms. The van der Waals surface area contributed by atoms with Crippen LogP contribution in [0.2, 0.25) is 0 Å². The number of rotatable bonds is 6. The third-order valence-corrected chi connectivity index (χ3v) is 3.68. The lowest BCUT2D eigenvalue weighted by Crippen LogP contribution is -2.60. The number of nitrogens with two attached hydrogens (primary N) is 1. The van der Waals surface area contributed by atoms with Crippen LogP contribution in [0, 0.1) is 0 Å². The van der Waals surface area contributed by atoms with Crippen LogP contribution >= 0.6 is 0 Å². The van der Waals surface area contributed by atoms with E-state index >= 15 is 0 Å². The molecular weight excluding hydrogens is 354 g/mol. The second-order valence-electron chi connectivity index (χ2n) is 5.82. The van der Waals surface area contributed by atoms with Crippen molar-refractivity contribution in [2.24, 2.45) is 5.73 Å². The first-order valence-corrected chi connectivity index (χ1v) is 8.07. The molecule has 2 fully saturated rings. The molecule has 0 aromatic carbocycles. The van der Waals surface area contributed by atoms with Crippen molar-refractivity contribution in [2.45, 2.75) is 64.4 Å². The van der Waals surface area contributed by atoms with E-state index in [0.717, 1.165) is 0 Å². The smallest absolute Gasteiger partial charge is 0.405 e. The van der Waals surface area contributed by atoms with Crippen LogP contribution in [-0.4, -0.2) is 67.9 Å². The molecule has 2 saturated heterocycles. The van der Waals surface area contributed by atoms with Gasteiger partial charge in [0.15, 0.2) is 24.6 Å². The summed E-state index contributed by atoms with van der Waals surface area (Å²) in [5, 5.41) is 0. The number of fused-ring (bicyclic) bond motifs is 1. The van der Waals surface area contributed by atoms with Crippen LogP contribution in [0.4, 0.5) is 4.79 Å². The molecule has 0 spiro atoms. The maximum absolute atomic E-state index is 11.5. The highest BCUT2D eigenvalue weighted by molar-refractivity contribution is 5.67. The van der Waals surface area contributed by atoms with Gasteiger partial charge in [-0.25, -0.2) is 4.79 Å². The third kappa shape index (κ3) is 4.81. The van der Waals surface area contributed by atoms with Gasteiger partial charge in [0.1, 0.15) is 12.7 Å². The van der Waals surface area contributed by atoms with E-state index in [-0.39, 0.29) is 13.2 Å². The maximum Gasteiger partial charge on any atom is 0.405 e. The minimum Gasteiger partial charge on any atom is -0.463 e. The number of hydrogen-bond acceptors (Lipinski definition) is 10. The second-order valence-corrected chi connectivity index (χ2v) is 5.82. The van der Waals surface area contributed by atoms with Crippen molar-refractivity contribution >= 4 is 18.0 Å². The maximum atomic E-state index is 11.5. The van der Waals surface area contributed by atoms with E-state index in [9.17, 15) is 14.4 Å². The van der Waals surface area contributed by atoms with Crippen molar-refractivity contribution in [3.63, 3.8) is 0 Å². The van der Waals surface area contributed by atoms with Crippen LogP contribution in [0.15, 0.2) is 0 Å². The van der Waals surface area contributed by atoms with Crippen molar-refractivity contribution in [2.75, 3.05) is 13.2 Å². The minimum absolute atomic E-state index is 0.260. The van der Waals surface area contributed by atoms with Gasteiger partial charge in [0.2, 0.25) is 0 Å². The second kappa shape index (κ2) is 8.16. The van der Waals surface area contributed by atoms with Gasteiger partial charge in [-0.1, -0.05) is 0 Å². The van der Waals surface area contributed by atoms with Gasteiger partial charge in [-0.15, -0.1) is 0 Å². The van der Waals surface area contributed by atoms with Gasteiger partial charge < -0.3 is 34.2 Å². The van der Waals surface area contributed by atoms with Crippen molar-refractivity contribution in [3.05, 3.63) is 0 Å². The Labute approximate surface area is 149 Å². The highest BCUT2D eigenvalue weighted by Gasteiger charge is 2.59. The lowest BCUT2D eigenvalue weighted by molar-refractivity contribution is -0.342. The summed E-state index contributed by atoms with van der Waals surface area (Å²) in [4.78, 5) is 34.0. The summed E-state index contributed by atoms with van der Waals surface area (Å²) in [5.74, 6) is -2.68. The molecule has 0 unspecified atom stereocenters. The molecule has 1 amide bonds. The summed E-state index contributed by atoms with van der Waals surface area (Å²) in [6.45, 7) is 5.66. The fourth-order valence-corrected chi connectivity index (χ4v) is 2.85. The Morgan fingerprint density at radius 1 is 1.08 bits per heavy atom. The zero-order valence-corrected chi connectivity index (χ0v) is 15.0. The summed E-state index contributed by atoms with van der Waals surface area (Å²) in [6, 6.07) is 0. The first kappa shape index (κ1) is 20.4. The molecule has 0 aromatic heterocycles. The molecule has 26 heavy (non-hydrogen) atoms. The SMILES string of the molecule is CCO[C@@]1(C)O[C@H]2O[C@@H](COC(C)=O)[C@@H](OC(C)=O)[C@@H](OC(N)=O)[C@@H]2O1. The lowest BCUT2D eigenvalue weighted by atomic mass is 9.98. The summed E-state index contributed by atoms with van der Waals surface area (Å²) >= 11 is 0. The molecule has 6 atom stereocenters. The van der Waals surface area contributed by atoms with Crippen LogP contribution in [-0.2, 0) is 42.7 Å². The molecule has 11 nitrogen and oxygen atoms in total. The Bertz CT molecular complexity index is 555. The normalized spacial score (nSPS) is 36.1. The summed E-state index contributed by atoms with van der Waals surface area (Å²) < 4.78 is 37.7. The molecule has 2 heterocycles. The molecular formula is C15H23NO10. The van der Waals surface area contributed by atoms with E-state index in [1.54, 1.807) is 6.92 Å².